The van der Waals surface area contributed by atoms with Gasteiger partial charge in [0, 0.05) is 30.2 Å². The lowest BCUT2D eigenvalue weighted by molar-refractivity contribution is -0.137. The van der Waals surface area contributed by atoms with Crippen molar-refractivity contribution in [1.82, 2.24) is 4.90 Å². The monoisotopic (exact) mass is 503 g/mol. The Kier molecular flexibility index (Phi) is 6.88. The molecule has 2 N–H and O–H groups in total. The maximum absolute atomic E-state index is 13.3. The van der Waals surface area contributed by atoms with Crippen molar-refractivity contribution in [2.45, 2.75) is 18.6 Å². The average Bonchev–Trinajstić information content (AvgIpc) is 3.15. The third-order valence-corrected chi connectivity index (χ3v) is 5.82. The van der Waals surface area contributed by atoms with E-state index in [9.17, 15) is 22.8 Å². The Morgan fingerprint density at radius 2 is 1.66 bits per heavy atom. The van der Waals surface area contributed by atoms with E-state index < -0.39 is 29.7 Å². The van der Waals surface area contributed by atoms with Gasteiger partial charge in [-0.3, -0.25) is 9.69 Å². The summed E-state index contributed by atoms with van der Waals surface area (Å²) in [5.74, 6) is 0.498. The van der Waals surface area contributed by atoms with Gasteiger partial charge in [-0.2, -0.15) is 13.2 Å². The summed E-state index contributed by atoms with van der Waals surface area (Å²) in [5, 5.41) is 0.571. The molecule has 3 aromatic carbocycles. The molecule has 0 bridgehead atoms. The quantitative estimate of drug-likeness (QED) is 0.429. The van der Waals surface area contributed by atoms with Crippen molar-refractivity contribution in [3.8, 4) is 11.5 Å². The van der Waals surface area contributed by atoms with Crippen LogP contribution in [0.3, 0.4) is 0 Å². The van der Waals surface area contributed by atoms with E-state index in [-0.39, 0.29) is 19.5 Å². The number of urea groups is 1. The molecule has 1 heterocycles. The van der Waals surface area contributed by atoms with Crippen molar-refractivity contribution in [2.24, 2.45) is 5.73 Å². The SMILES string of the molecule is NC(=O)CCN1C[C@H](c2cccc(C(F)(F)F)c2)N(c2ccc(Oc3ccc(Cl)cc3)cc2)C1=O. The molecule has 1 atom stereocenters. The molecular formula is C25H21ClF3N3O3. The van der Waals surface area contributed by atoms with Crippen molar-refractivity contribution < 1.29 is 27.5 Å². The van der Waals surface area contributed by atoms with E-state index in [0.29, 0.717) is 27.8 Å². The fourth-order valence-electron chi connectivity index (χ4n) is 3.87. The number of benzene rings is 3. The van der Waals surface area contributed by atoms with Gasteiger partial charge >= 0.3 is 12.2 Å². The number of nitrogens with two attached hydrogens (primary N) is 1. The molecule has 0 aliphatic carbocycles. The number of nitrogens with zero attached hydrogens (tertiary/aromatic N) is 2. The number of amides is 3. The summed E-state index contributed by atoms with van der Waals surface area (Å²) in [4.78, 5) is 27.3. The summed E-state index contributed by atoms with van der Waals surface area (Å²) in [6, 6.07) is 17.2. The Morgan fingerprint density at radius 3 is 2.26 bits per heavy atom. The van der Waals surface area contributed by atoms with E-state index in [4.69, 9.17) is 22.1 Å². The number of alkyl halides is 3. The number of carbonyl (C=O) groups is 2. The standard InChI is InChI=1S/C25H21ClF3N3O3/c26-18-4-8-20(9-5-18)35-21-10-6-19(7-11-21)32-22(15-31(24(32)34)13-12-23(30)33)16-2-1-3-17(14-16)25(27,28)29/h1-11,14,22H,12-13,15H2,(H2,30,33)/t22-/m1/s1. The zero-order chi connectivity index (χ0) is 25.2. The normalized spacial score (nSPS) is 16.0. The summed E-state index contributed by atoms with van der Waals surface area (Å²) < 4.78 is 45.7. The van der Waals surface area contributed by atoms with Crippen LogP contribution >= 0.6 is 11.6 Å². The summed E-state index contributed by atoms with van der Waals surface area (Å²) in [5.41, 5.74) is 5.23. The van der Waals surface area contributed by atoms with Gasteiger partial charge in [0.05, 0.1) is 11.6 Å². The van der Waals surface area contributed by atoms with Gasteiger partial charge < -0.3 is 15.4 Å². The second-order valence-electron chi connectivity index (χ2n) is 8.00. The molecule has 0 spiro atoms. The predicted molar refractivity (Wildman–Crippen MR) is 125 cm³/mol. The van der Waals surface area contributed by atoms with Crippen LogP contribution in [0.25, 0.3) is 0 Å². The Hall–Kier alpha value is -3.72. The van der Waals surface area contributed by atoms with Gasteiger partial charge in [0.1, 0.15) is 11.5 Å². The number of carbonyl (C=O) groups excluding carboxylic acids is 2. The molecule has 1 fully saturated rings. The van der Waals surface area contributed by atoms with E-state index in [1.165, 1.54) is 15.9 Å². The molecule has 0 saturated carbocycles. The molecule has 0 unspecified atom stereocenters. The highest BCUT2D eigenvalue weighted by molar-refractivity contribution is 6.30. The summed E-state index contributed by atoms with van der Waals surface area (Å²) in [6.07, 6.45) is -4.57. The van der Waals surface area contributed by atoms with Gasteiger partial charge in [-0.25, -0.2) is 4.79 Å². The Balaban J connectivity index is 1.63. The molecule has 3 amide bonds. The van der Waals surface area contributed by atoms with Gasteiger partial charge in [0.15, 0.2) is 0 Å². The second-order valence-corrected chi connectivity index (χ2v) is 8.44. The van der Waals surface area contributed by atoms with Gasteiger partial charge in [-0.05, 0) is 66.2 Å². The highest BCUT2D eigenvalue weighted by Crippen LogP contribution is 2.38. The van der Waals surface area contributed by atoms with Crippen LogP contribution in [0.1, 0.15) is 23.6 Å². The minimum absolute atomic E-state index is 0.0528. The van der Waals surface area contributed by atoms with E-state index in [1.807, 2.05) is 0 Å². The third-order valence-electron chi connectivity index (χ3n) is 5.57. The van der Waals surface area contributed by atoms with Crippen molar-refractivity contribution in [2.75, 3.05) is 18.0 Å². The van der Waals surface area contributed by atoms with Crippen LogP contribution in [-0.4, -0.2) is 29.9 Å². The van der Waals surface area contributed by atoms with Gasteiger partial charge in [0.25, 0.3) is 0 Å². The summed E-state index contributed by atoms with van der Waals surface area (Å²) in [6.45, 7) is 0.175. The Bertz CT molecular complexity index is 1220. The first-order valence-electron chi connectivity index (χ1n) is 10.7. The summed E-state index contributed by atoms with van der Waals surface area (Å²) in [7, 11) is 0. The van der Waals surface area contributed by atoms with Crippen LogP contribution in [0.4, 0.5) is 23.7 Å². The van der Waals surface area contributed by atoms with Crippen molar-refractivity contribution in [1.29, 1.82) is 0 Å². The topological polar surface area (TPSA) is 75.9 Å². The molecule has 1 aliphatic heterocycles. The lowest BCUT2D eigenvalue weighted by Gasteiger charge is -2.24. The lowest BCUT2D eigenvalue weighted by atomic mass is 10.0. The largest absolute Gasteiger partial charge is 0.457 e. The highest BCUT2D eigenvalue weighted by atomic mass is 35.5. The van der Waals surface area contributed by atoms with Crippen LogP contribution < -0.4 is 15.4 Å². The van der Waals surface area contributed by atoms with Crippen LogP contribution in [0.15, 0.2) is 72.8 Å². The minimum Gasteiger partial charge on any atom is -0.457 e. The van der Waals surface area contributed by atoms with Crippen molar-refractivity contribution >= 4 is 29.2 Å². The number of rotatable bonds is 7. The Labute approximate surface area is 204 Å². The summed E-state index contributed by atoms with van der Waals surface area (Å²) >= 11 is 5.89. The molecule has 6 nitrogen and oxygen atoms in total. The van der Waals surface area contributed by atoms with Crippen LogP contribution in [0, 0.1) is 0 Å². The molecule has 182 valence electrons. The number of halogens is 4. The Morgan fingerprint density at radius 1 is 1.03 bits per heavy atom. The molecule has 1 saturated heterocycles. The van der Waals surface area contributed by atoms with Crippen molar-refractivity contribution in [3.05, 3.63) is 88.9 Å². The first-order chi connectivity index (χ1) is 16.6. The average molecular weight is 504 g/mol. The molecule has 4 rings (SSSR count). The maximum atomic E-state index is 13.3. The zero-order valence-corrected chi connectivity index (χ0v) is 19.1. The van der Waals surface area contributed by atoms with Crippen molar-refractivity contribution in [3.63, 3.8) is 0 Å². The van der Waals surface area contributed by atoms with Gasteiger partial charge in [-0.1, -0.05) is 23.7 Å². The second kappa shape index (κ2) is 9.87. The highest BCUT2D eigenvalue weighted by Gasteiger charge is 2.40. The predicted octanol–water partition coefficient (Wildman–Crippen LogP) is 6.01. The molecule has 3 aromatic rings. The lowest BCUT2D eigenvalue weighted by Crippen LogP contribution is -2.34. The number of hydrogen-bond acceptors (Lipinski definition) is 3. The number of primary amides is 1. The van der Waals surface area contributed by atoms with Crippen LogP contribution in [0.5, 0.6) is 11.5 Å². The van der Waals surface area contributed by atoms with E-state index in [0.717, 1.165) is 12.1 Å². The third kappa shape index (κ3) is 5.68. The molecule has 10 heteroatoms. The van der Waals surface area contributed by atoms with Crippen LogP contribution in [-0.2, 0) is 11.0 Å². The fourth-order valence-corrected chi connectivity index (χ4v) is 3.99. The molecule has 35 heavy (non-hydrogen) atoms. The van der Waals surface area contributed by atoms with Gasteiger partial charge in [-0.15, -0.1) is 0 Å². The zero-order valence-electron chi connectivity index (χ0n) is 18.3. The molecule has 1 aliphatic rings. The maximum Gasteiger partial charge on any atom is 0.416 e. The smallest absolute Gasteiger partial charge is 0.416 e. The molecule has 0 radical (unpaired) electrons. The molecular weight excluding hydrogens is 483 g/mol. The fraction of sp³-hybridized carbons (Fsp3) is 0.200. The van der Waals surface area contributed by atoms with E-state index in [1.54, 1.807) is 54.6 Å². The first-order valence-corrected chi connectivity index (χ1v) is 11.1. The number of ether oxygens (including phenoxy) is 1. The first kappa shape index (κ1) is 24.4. The van der Waals surface area contributed by atoms with E-state index >= 15 is 0 Å². The number of hydrogen-bond donors (Lipinski definition) is 1. The van der Waals surface area contributed by atoms with Crippen LogP contribution in [0.2, 0.25) is 5.02 Å². The van der Waals surface area contributed by atoms with Gasteiger partial charge in [0.2, 0.25) is 5.91 Å². The minimum atomic E-state index is -4.52. The number of anilines is 1. The van der Waals surface area contributed by atoms with E-state index in [2.05, 4.69) is 0 Å². The molecule has 0 aromatic heterocycles.